The molecule has 0 rings (SSSR count). The lowest BCUT2D eigenvalue weighted by atomic mass is 10.0. The van der Waals surface area contributed by atoms with E-state index >= 15 is 0 Å². The van der Waals surface area contributed by atoms with Gasteiger partial charge in [-0.2, -0.15) is 0 Å². The average molecular weight is 889 g/mol. The molecule has 0 radical (unpaired) electrons. The number of carbonyl (C=O) groups is 3. The minimum Gasteiger partial charge on any atom is -0.462 e. The van der Waals surface area contributed by atoms with E-state index in [1.807, 2.05) is 0 Å². The molecule has 0 amide bonds. The highest BCUT2D eigenvalue weighted by Crippen LogP contribution is 2.17. The molecule has 0 heterocycles. The summed E-state index contributed by atoms with van der Waals surface area (Å²) in [4.78, 5) is 38.1. The smallest absolute Gasteiger partial charge is 0.306 e. The van der Waals surface area contributed by atoms with Crippen LogP contribution in [0.2, 0.25) is 0 Å². The summed E-state index contributed by atoms with van der Waals surface area (Å²) in [6.45, 7) is 6.68. The number of esters is 3. The van der Waals surface area contributed by atoms with Gasteiger partial charge in [-0.25, -0.2) is 0 Å². The largest absolute Gasteiger partial charge is 0.462 e. The van der Waals surface area contributed by atoms with Crippen LogP contribution in [0, 0.1) is 0 Å². The summed E-state index contributed by atoms with van der Waals surface area (Å²) >= 11 is 0. The van der Waals surface area contributed by atoms with Gasteiger partial charge in [-0.1, -0.05) is 264 Å². The van der Waals surface area contributed by atoms with E-state index in [-0.39, 0.29) is 31.1 Å². The third-order valence-electron chi connectivity index (χ3n) is 12.8. The molecule has 1 atom stereocenters. The van der Waals surface area contributed by atoms with E-state index in [4.69, 9.17) is 14.2 Å². The molecule has 0 fully saturated rings. The topological polar surface area (TPSA) is 78.9 Å². The van der Waals surface area contributed by atoms with Crippen LogP contribution in [0.15, 0.2) is 12.2 Å². The first-order valence-corrected chi connectivity index (χ1v) is 28.2. The van der Waals surface area contributed by atoms with Crippen LogP contribution >= 0.6 is 0 Å². The van der Waals surface area contributed by atoms with E-state index < -0.39 is 6.10 Å². The third kappa shape index (κ3) is 51.0. The summed E-state index contributed by atoms with van der Waals surface area (Å²) in [6.07, 6.45) is 59.1. The molecule has 6 nitrogen and oxygen atoms in total. The van der Waals surface area contributed by atoms with Crippen molar-refractivity contribution < 1.29 is 28.6 Å². The fourth-order valence-electron chi connectivity index (χ4n) is 8.50. The molecule has 0 saturated heterocycles. The number of allylic oxidation sites excluding steroid dienone is 2. The van der Waals surface area contributed by atoms with Gasteiger partial charge >= 0.3 is 17.9 Å². The van der Waals surface area contributed by atoms with Crippen molar-refractivity contribution in [3.05, 3.63) is 12.2 Å². The van der Waals surface area contributed by atoms with Gasteiger partial charge in [-0.3, -0.25) is 14.4 Å². The maximum absolute atomic E-state index is 12.8. The Morgan fingerprint density at radius 1 is 0.302 bits per heavy atom. The number of hydrogen-bond donors (Lipinski definition) is 0. The Kier molecular flexibility index (Phi) is 51.2. The lowest BCUT2D eigenvalue weighted by Gasteiger charge is -2.18. The molecule has 0 spiro atoms. The van der Waals surface area contributed by atoms with Gasteiger partial charge in [0.05, 0.1) is 0 Å². The Hall–Kier alpha value is -1.85. The van der Waals surface area contributed by atoms with Crippen LogP contribution in [0.25, 0.3) is 0 Å². The van der Waals surface area contributed by atoms with E-state index in [9.17, 15) is 14.4 Å². The Balaban J connectivity index is 4.31. The van der Waals surface area contributed by atoms with Crippen LogP contribution in [-0.2, 0) is 28.6 Å². The number of ether oxygens (including phenoxy) is 3. The summed E-state index contributed by atoms with van der Waals surface area (Å²) < 4.78 is 16.9. The third-order valence-corrected chi connectivity index (χ3v) is 12.8. The van der Waals surface area contributed by atoms with Crippen molar-refractivity contribution in [3.63, 3.8) is 0 Å². The van der Waals surface area contributed by atoms with Crippen molar-refractivity contribution in [2.24, 2.45) is 0 Å². The molecule has 0 aromatic carbocycles. The lowest BCUT2D eigenvalue weighted by molar-refractivity contribution is -0.167. The number of rotatable bonds is 52. The molecule has 1 unspecified atom stereocenters. The summed E-state index contributed by atoms with van der Waals surface area (Å²) in [7, 11) is 0. The molecule has 0 aliphatic heterocycles. The van der Waals surface area contributed by atoms with Gasteiger partial charge in [0.25, 0.3) is 0 Å². The van der Waals surface area contributed by atoms with Crippen LogP contribution < -0.4 is 0 Å². The van der Waals surface area contributed by atoms with Crippen molar-refractivity contribution in [3.8, 4) is 0 Å². The van der Waals surface area contributed by atoms with E-state index in [0.717, 1.165) is 64.2 Å². The highest BCUT2D eigenvalue weighted by Gasteiger charge is 2.19. The van der Waals surface area contributed by atoms with Gasteiger partial charge in [0.15, 0.2) is 6.10 Å². The van der Waals surface area contributed by atoms with E-state index in [0.29, 0.717) is 19.3 Å². The Labute approximate surface area is 392 Å². The quantitative estimate of drug-likeness (QED) is 0.0262. The molecule has 0 bridgehead atoms. The molecule has 63 heavy (non-hydrogen) atoms. The zero-order chi connectivity index (χ0) is 45.8. The monoisotopic (exact) mass is 889 g/mol. The van der Waals surface area contributed by atoms with E-state index in [1.165, 1.54) is 212 Å². The second kappa shape index (κ2) is 52.8. The van der Waals surface area contributed by atoms with Crippen molar-refractivity contribution in [1.29, 1.82) is 0 Å². The minimum atomic E-state index is -0.768. The van der Waals surface area contributed by atoms with Crippen molar-refractivity contribution >= 4 is 17.9 Å². The lowest BCUT2D eigenvalue weighted by Crippen LogP contribution is -2.30. The van der Waals surface area contributed by atoms with Gasteiger partial charge in [-0.05, 0) is 44.9 Å². The fraction of sp³-hybridized carbons (Fsp3) is 0.912. The van der Waals surface area contributed by atoms with Crippen molar-refractivity contribution in [1.82, 2.24) is 0 Å². The highest BCUT2D eigenvalue weighted by atomic mass is 16.6. The fourth-order valence-corrected chi connectivity index (χ4v) is 8.50. The van der Waals surface area contributed by atoms with Gasteiger partial charge in [0.2, 0.25) is 0 Å². The molecular weight excluding hydrogens is 781 g/mol. The molecule has 6 heteroatoms. The molecule has 0 N–H and O–H groups in total. The average Bonchev–Trinajstić information content (AvgIpc) is 3.28. The van der Waals surface area contributed by atoms with Crippen LogP contribution in [0.1, 0.15) is 316 Å². The van der Waals surface area contributed by atoms with E-state index in [1.54, 1.807) is 0 Å². The van der Waals surface area contributed by atoms with Crippen LogP contribution in [0.3, 0.4) is 0 Å². The molecule has 0 aromatic rings. The Bertz CT molecular complexity index is 978. The number of carbonyl (C=O) groups excluding carboxylic acids is 3. The van der Waals surface area contributed by atoms with Crippen LogP contribution in [-0.4, -0.2) is 37.2 Å². The highest BCUT2D eigenvalue weighted by molar-refractivity contribution is 5.71. The van der Waals surface area contributed by atoms with Crippen molar-refractivity contribution in [2.75, 3.05) is 13.2 Å². The summed E-state index contributed by atoms with van der Waals surface area (Å²) in [5, 5.41) is 0. The number of hydrogen-bond acceptors (Lipinski definition) is 6. The SMILES string of the molecule is CCCCCCCC/C=C\CCCCCCCC(=O)OC(COC(=O)CCCCCCCCCCCCCCC)COC(=O)CCCCCCCCCCCCCCCCCCC. The Morgan fingerprint density at radius 3 is 0.794 bits per heavy atom. The zero-order valence-corrected chi connectivity index (χ0v) is 42.6. The summed E-state index contributed by atoms with van der Waals surface area (Å²) in [6, 6.07) is 0. The van der Waals surface area contributed by atoms with Gasteiger partial charge in [0.1, 0.15) is 13.2 Å². The first-order valence-electron chi connectivity index (χ1n) is 28.2. The van der Waals surface area contributed by atoms with Gasteiger partial charge in [0, 0.05) is 19.3 Å². The predicted octanol–water partition coefficient (Wildman–Crippen LogP) is 18.5. The maximum Gasteiger partial charge on any atom is 0.306 e. The molecule has 0 aliphatic rings. The second-order valence-electron chi connectivity index (χ2n) is 19.2. The first-order chi connectivity index (χ1) is 31.0. The van der Waals surface area contributed by atoms with Crippen molar-refractivity contribution in [2.45, 2.75) is 322 Å². The van der Waals surface area contributed by atoms with Gasteiger partial charge < -0.3 is 14.2 Å². The predicted molar refractivity (Wildman–Crippen MR) is 270 cm³/mol. The molecule has 0 aliphatic carbocycles. The zero-order valence-electron chi connectivity index (χ0n) is 42.6. The molecule has 0 aromatic heterocycles. The molecule has 372 valence electrons. The van der Waals surface area contributed by atoms with Crippen LogP contribution in [0.5, 0.6) is 0 Å². The van der Waals surface area contributed by atoms with Gasteiger partial charge in [-0.15, -0.1) is 0 Å². The summed E-state index contributed by atoms with van der Waals surface area (Å²) in [5.74, 6) is -0.854. The molecular formula is C57H108O6. The second-order valence-corrected chi connectivity index (χ2v) is 19.2. The van der Waals surface area contributed by atoms with E-state index in [2.05, 4.69) is 32.9 Å². The standard InChI is InChI=1S/C57H108O6/c1-4-7-10-13-16-19-22-25-27-28-30-32-35-38-41-44-47-50-56(59)62-53-54(52-61-55(58)49-46-43-40-37-34-31-24-21-18-15-12-9-6-3)63-57(60)51-48-45-42-39-36-33-29-26-23-20-17-14-11-8-5-2/h26,29,54H,4-25,27-28,30-53H2,1-3H3/b29-26-. The van der Waals surface area contributed by atoms with Crippen LogP contribution in [0.4, 0.5) is 0 Å². The Morgan fingerprint density at radius 2 is 0.524 bits per heavy atom. The summed E-state index contributed by atoms with van der Waals surface area (Å²) in [5.41, 5.74) is 0. The minimum absolute atomic E-state index is 0.0675. The first kappa shape index (κ1) is 61.1. The normalized spacial score (nSPS) is 12.0. The number of unbranched alkanes of at least 4 members (excludes halogenated alkanes) is 39. The molecule has 0 saturated carbocycles. The maximum atomic E-state index is 12.8.